The van der Waals surface area contributed by atoms with Gasteiger partial charge in [0.05, 0.1) is 11.9 Å². The predicted octanol–water partition coefficient (Wildman–Crippen LogP) is 2.38. The van der Waals surface area contributed by atoms with E-state index in [-0.39, 0.29) is 5.69 Å². The third kappa shape index (κ3) is 4.14. The monoisotopic (exact) mass is 346 g/mol. The smallest absolute Gasteiger partial charge is 0.272 e. The van der Waals surface area contributed by atoms with Gasteiger partial charge in [0.15, 0.2) is 11.5 Å². The van der Waals surface area contributed by atoms with Crippen LogP contribution < -0.4 is 10.2 Å². The summed E-state index contributed by atoms with van der Waals surface area (Å²) >= 11 is 0. The minimum Gasteiger partial charge on any atom is -0.368 e. The zero-order valence-corrected chi connectivity index (χ0v) is 15.3. The summed E-state index contributed by atoms with van der Waals surface area (Å²) in [6.45, 7) is 6.98. The Kier molecular flexibility index (Phi) is 5.94. The molecule has 3 rings (SSSR count). The van der Waals surface area contributed by atoms with Gasteiger partial charge < -0.3 is 10.2 Å². The van der Waals surface area contributed by atoms with Crippen molar-refractivity contribution < 1.29 is 9.18 Å². The maximum Gasteiger partial charge on any atom is 0.272 e. The summed E-state index contributed by atoms with van der Waals surface area (Å²) < 4.78 is 14.1. The van der Waals surface area contributed by atoms with E-state index in [2.05, 4.69) is 27.0 Å². The molecule has 0 aromatic carbocycles. The Morgan fingerprint density at radius 2 is 2.16 bits per heavy atom. The van der Waals surface area contributed by atoms with E-state index in [9.17, 15) is 9.18 Å². The molecule has 0 spiro atoms. The molecular weight excluding hydrogens is 318 g/mol. The first kappa shape index (κ1) is 18.2. The molecule has 1 aromatic rings. The second kappa shape index (κ2) is 8.17. The maximum atomic E-state index is 14.1. The van der Waals surface area contributed by atoms with Gasteiger partial charge in [-0.05, 0) is 6.42 Å². The molecule has 25 heavy (non-hydrogen) atoms. The molecular formula is C18H28BFN4O. The molecule has 2 fully saturated rings. The van der Waals surface area contributed by atoms with Gasteiger partial charge in [0.2, 0.25) is 0 Å². The Bertz CT molecular complexity index is 607. The van der Waals surface area contributed by atoms with E-state index < -0.39 is 11.7 Å². The summed E-state index contributed by atoms with van der Waals surface area (Å²) in [4.78, 5) is 20.3. The summed E-state index contributed by atoms with van der Waals surface area (Å²) in [7, 11) is 1.48. The number of anilines is 1. The van der Waals surface area contributed by atoms with Crippen LogP contribution in [0.15, 0.2) is 12.3 Å². The molecule has 5 nitrogen and oxygen atoms in total. The SMILES string of the molecule is CCCB1CCC(N2CCN(c3cnc(C(=O)NC)c(F)c3)CC2)C1. The van der Waals surface area contributed by atoms with E-state index in [0.29, 0.717) is 0 Å². The normalized spacial score (nSPS) is 21.6. The number of rotatable bonds is 5. The molecule has 0 bridgehead atoms. The number of aromatic nitrogens is 1. The molecule has 2 saturated heterocycles. The summed E-state index contributed by atoms with van der Waals surface area (Å²) in [6.07, 6.45) is 8.28. The van der Waals surface area contributed by atoms with Gasteiger partial charge in [0.25, 0.3) is 5.91 Å². The highest BCUT2D eigenvalue weighted by Gasteiger charge is 2.32. The van der Waals surface area contributed by atoms with E-state index >= 15 is 0 Å². The van der Waals surface area contributed by atoms with Crippen LogP contribution in [-0.4, -0.2) is 61.8 Å². The lowest BCUT2D eigenvalue weighted by Crippen LogP contribution is -2.50. The number of halogens is 1. The third-order valence-electron chi connectivity index (χ3n) is 5.68. The molecule has 3 heterocycles. The van der Waals surface area contributed by atoms with Crippen molar-refractivity contribution in [2.75, 3.05) is 38.1 Å². The minimum absolute atomic E-state index is 0.141. The van der Waals surface area contributed by atoms with E-state index in [4.69, 9.17) is 0 Å². The maximum absolute atomic E-state index is 14.1. The fraction of sp³-hybridized carbons (Fsp3) is 0.667. The zero-order valence-electron chi connectivity index (χ0n) is 15.3. The number of carbonyl (C=O) groups is 1. The average Bonchev–Trinajstić information content (AvgIpc) is 3.10. The highest BCUT2D eigenvalue weighted by atomic mass is 19.1. The van der Waals surface area contributed by atoms with Gasteiger partial charge in [0, 0.05) is 45.3 Å². The van der Waals surface area contributed by atoms with Crippen molar-refractivity contribution in [3.63, 3.8) is 0 Å². The Morgan fingerprint density at radius 1 is 1.40 bits per heavy atom. The van der Waals surface area contributed by atoms with Gasteiger partial charge >= 0.3 is 0 Å². The molecule has 136 valence electrons. The van der Waals surface area contributed by atoms with Crippen molar-refractivity contribution in [2.45, 2.75) is 44.8 Å². The van der Waals surface area contributed by atoms with Crippen LogP contribution in [0.25, 0.3) is 0 Å². The van der Waals surface area contributed by atoms with Crippen LogP contribution in [0.1, 0.15) is 30.3 Å². The number of hydrogen-bond acceptors (Lipinski definition) is 4. The summed E-state index contributed by atoms with van der Waals surface area (Å²) in [5.41, 5.74) is 0.623. The van der Waals surface area contributed by atoms with Gasteiger partial charge in [-0.1, -0.05) is 32.3 Å². The van der Waals surface area contributed by atoms with E-state index in [1.54, 1.807) is 6.20 Å². The Hall–Kier alpha value is -1.63. The van der Waals surface area contributed by atoms with Crippen LogP contribution >= 0.6 is 0 Å². The molecule has 0 saturated carbocycles. The first-order valence-electron chi connectivity index (χ1n) is 9.49. The van der Waals surface area contributed by atoms with E-state index in [1.807, 2.05) is 0 Å². The lowest BCUT2D eigenvalue weighted by atomic mass is 9.45. The number of carbonyl (C=O) groups excluding carboxylic acids is 1. The Labute approximate surface area is 150 Å². The van der Waals surface area contributed by atoms with Crippen molar-refractivity contribution in [3.05, 3.63) is 23.8 Å². The standard InChI is InChI=1S/C18H28BFN4O/c1-3-5-19-6-4-14(12-19)23-7-9-24(10-8-23)15-11-16(20)17(22-13-15)18(25)21-2/h11,13-14H,3-10,12H2,1-2H3,(H,21,25). The van der Waals surface area contributed by atoms with Crippen LogP contribution in [-0.2, 0) is 0 Å². The fourth-order valence-corrected chi connectivity index (χ4v) is 4.28. The number of nitrogens with zero attached hydrogens (tertiary/aromatic N) is 3. The van der Waals surface area contributed by atoms with Gasteiger partial charge in [-0.15, -0.1) is 0 Å². The predicted molar refractivity (Wildman–Crippen MR) is 100 cm³/mol. The average molecular weight is 346 g/mol. The highest BCUT2D eigenvalue weighted by Crippen LogP contribution is 2.29. The van der Waals surface area contributed by atoms with Gasteiger partial charge in [0.1, 0.15) is 6.71 Å². The number of hydrogen-bond donors (Lipinski definition) is 1. The highest BCUT2D eigenvalue weighted by molar-refractivity contribution is 6.59. The van der Waals surface area contributed by atoms with Crippen LogP contribution in [0, 0.1) is 5.82 Å². The quantitative estimate of drug-likeness (QED) is 0.832. The molecule has 0 aliphatic carbocycles. The summed E-state index contributed by atoms with van der Waals surface area (Å²) in [6, 6.07) is 2.16. The van der Waals surface area contributed by atoms with Crippen LogP contribution in [0.2, 0.25) is 19.0 Å². The van der Waals surface area contributed by atoms with Gasteiger partial charge in [-0.3, -0.25) is 9.69 Å². The molecule has 2 aliphatic rings. The number of piperazine rings is 1. The van der Waals surface area contributed by atoms with Gasteiger partial charge in [-0.25, -0.2) is 9.37 Å². The number of amides is 1. The van der Waals surface area contributed by atoms with Crippen molar-refractivity contribution in [3.8, 4) is 0 Å². The molecule has 1 aromatic heterocycles. The molecule has 0 radical (unpaired) electrons. The molecule has 1 atom stereocenters. The second-order valence-corrected chi connectivity index (χ2v) is 7.25. The number of nitrogens with one attached hydrogen (secondary N) is 1. The molecule has 7 heteroatoms. The van der Waals surface area contributed by atoms with Crippen molar-refractivity contribution in [1.82, 2.24) is 15.2 Å². The van der Waals surface area contributed by atoms with E-state index in [0.717, 1.165) is 44.6 Å². The van der Waals surface area contributed by atoms with E-state index in [1.165, 1.54) is 44.9 Å². The van der Waals surface area contributed by atoms with Crippen LogP contribution in [0.5, 0.6) is 0 Å². The fourth-order valence-electron chi connectivity index (χ4n) is 4.28. The molecule has 2 aliphatic heterocycles. The third-order valence-corrected chi connectivity index (χ3v) is 5.68. The van der Waals surface area contributed by atoms with Crippen molar-refractivity contribution in [1.29, 1.82) is 0 Å². The summed E-state index contributed by atoms with van der Waals surface area (Å²) in [5, 5.41) is 2.41. The molecule has 1 N–H and O–H groups in total. The van der Waals surface area contributed by atoms with Crippen LogP contribution in [0.4, 0.5) is 10.1 Å². The Balaban J connectivity index is 1.56. The summed E-state index contributed by atoms with van der Waals surface area (Å²) in [5.74, 6) is -1.05. The van der Waals surface area contributed by atoms with Crippen LogP contribution in [0.3, 0.4) is 0 Å². The first-order chi connectivity index (χ1) is 12.1. The Morgan fingerprint density at radius 3 is 2.80 bits per heavy atom. The molecule has 1 amide bonds. The number of pyridine rings is 1. The first-order valence-corrected chi connectivity index (χ1v) is 9.49. The zero-order chi connectivity index (χ0) is 17.8. The molecule has 1 unspecified atom stereocenters. The van der Waals surface area contributed by atoms with Crippen molar-refractivity contribution >= 4 is 18.3 Å². The lowest BCUT2D eigenvalue weighted by molar-refractivity contribution is 0.0953. The van der Waals surface area contributed by atoms with Gasteiger partial charge in [-0.2, -0.15) is 0 Å². The largest absolute Gasteiger partial charge is 0.368 e. The second-order valence-electron chi connectivity index (χ2n) is 7.25. The lowest BCUT2D eigenvalue weighted by Gasteiger charge is -2.39. The van der Waals surface area contributed by atoms with Crippen molar-refractivity contribution in [2.24, 2.45) is 0 Å². The minimum atomic E-state index is -0.558. The topological polar surface area (TPSA) is 48.5 Å².